The highest BCUT2D eigenvalue weighted by atomic mass is 16.7. The van der Waals surface area contributed by atoms with Gasteiger partial charge in [-0.1, -0.05) is 38.2 Å². The molecule has 4 rings (SSSR count). The lowest BCUT2D eigenvalue weighted by Gasteiger charge is -2.21. The van der Waals surface area contributed by atoms with E-state index in [4.69, 9.17) is 15.2 Å². The number of rotatable bonds is 7. The minimum Gasteiger partial charge on any atom is -0.454 e. The van der Waals surface area contributed by atoms with Crippen molar-refractivity contribution >= 4 is 23.2 Å². The topological polar surface area (TPSA) is 103 Å². The molecule has 0 atom stereocenters. The molecule has 2 amide bonds. The van der Waals surface area contributed by atoms with Crippen LogP contribution in [0.1, 0.15) is 60.9 Å². The van der Waals surface area contributed by atoms with Crippen LogP contribution in [0.5, 0.6) is 11.5 Å². The summed E-state index contributed by atoms with van der Waals surface area (Å²) < 4.78 is 10.6. The predicted molar refractivity (Wildman–Crippen MR) is 119 cm³/mol. The summed E-state index contributed by atoms with van der Waals surface area (Å²) in [5.41, 5.74) is 8.31. The van der Waals surface area contributed by atoms with Gasteiger partial charge in [0.05, 0.1) is 0 Å². The van der Waals surface area contributed by atoms with Gasteiger partial charge in [0.2, 0.25) is 12.7 Å². The van der Waals surface area contributed by atoms with Gasteiger partial charge in [0.25, 0.3) is 5.91 Å². The highest BCUT2D eigenvalue weighted by Gasteiger charge is 2.18. The molecule has 7 nitrogen and oxygen atoms in total. The van der Waals surface area contributed by atoms with Gasteiger partial charge >= 0.3 is 0 Å². The van der Waals surface area contributed by atoms with Crippen LogP contribution in [-0.2, 0) is 11.3 Å². The van der Waals surface area contributed by atoms with E-state index in [2.05, 4.69) is 10.6 Å². The number of nitrogens with two attached hydrogens (primary N) is 1. The fraction of sp³-hybridized carbons (Fsp3) is 0.417. The molecule has 1 heterocycles. The van der Waals surface area contributed by atoms with Gasteiger partial charge in [0, 0.05) is 29.9 Å². The number of anilines is 2. The molecule has 7 heteroatoms. The molecule has 1 fully saturated rings. The third kappa shape index (κ3) is 5.35. The average Bonchev–Trinajstić information content (AvgIpc) is 3.26. The molecular weight excluding hydrogens is 394 g/mol. The van der Waals surface area contributed by atoms with E-state index in [9.17, 15) is 9.59 Å². The van der Waals surface area contributed by atoms with E-state index in [0.29, 0.717) is 40.8 Å². The van der Waals surface area contributed by atoms with Gasteiger partial charge in [-0.15, -0.1) is 0 Å². The monoisotopic (exact) mass is 423 g/mol. The Balaban J connectivity index is 1.39. The molecule has 1 aliphatic carbocycles. The first kappa shape index (κ1) is 21.2. The van der Waals surface area contributed by atoms with E-state index in [0.717, 1.165) is 12.0 Å². The summed E-state index contributed by atoms with van der Waals surface area (Å²) in [5.74, 6) is 1.55. The zero-order valence-corrected chi connectivity index (χ0v) is 17.6. The molecule has 0 saturated heterocycles. The van der Waals surface area contributed by atoms with Crippen LogP contribution in [0.2, 0.25) is 0 Å². The summed E-state index contributed by atoms with van der Waals surface area (Å²) in [6.07, 6.45) is 7.78. The van der Waals surface area contributed by atoms with E-state index in [1.165, 1.54) is 32.1 Å². The first-order chi connectivity index (χ1) is 15.1. The molecule has 164 valence electrons. The third-order valence-corrected chi connectivity index (χ3v) is 6.00. The average molecular weight is 424 g/mol. The van der Waals surface area contributed by atoms with Crippen molar-refractivity contribution in [2.45, 2.75) is 51.5 Å². The maximum Gasteiger partial charge on any atom is 0.255 e. The molecule has 2 aromatic rings. The summed E-state index contributed by atoms with van der Waals surface area (Å²) in [6, 6.07) is 10.4. The van der Waals surface area contributed by atoms with Crippen LogP contribution in [-0.4, -0.2) is 18.6 Å². The van der Waals surface area contributed by atoms with Crippen molar-refractivity contribution in [2.75, 3.05) is 17.4 Å². The number of benzene rings is 2. The number of ether oxygens (including phenoxy) is 2. The fourth-order valence-electron chi connectivity index (χ4n) is 4.22. The van der Waals surface area contributed by atoms with E-state index in [-0.39, 0.29) is 25.2 Å². The van der Waals surface area contributed by atoms with Crippen LogP contribution < -0.4 is 25.8 Å². The first-order valence-electron chi connectivity index (χ1n) is 11.0. The molecule has 31 heavy (non-hydrogen) atoms. The van der Waals surface area contributed by atoms with Crippen LogP contribution in [0.15, 0.2) is 36.4 Å². The summed E-state index contributed by atoms with van der Waals surface area (Å²) in [7, 11) is 0. The fourth-order valence-corrected chi connectivity index (χ4v) is 4.22. The quantitative estimate of drug-likeness (QED) is 0.612. The van der Waals surface area contributed by atoms with Crippen LogP contribution in [0.4, 0.5) is 11.4 Å². The van der Waals surface area contributed by atoms with Gasteiger partial charge < -0.3 is 25.8 Å². The summed E-state index contributed by atoms with van der Waals surface area (Å²) in [6.45, 7) is 0.423. The molecule has 4 N–H and O–H groups in total. The zero-order valence-electron chi connectivity index (χ0n) is 17.6. The standard InChI is InChI=1S/C24H29N3O4/c25-14-18-7-9-19(26-23(28)11-6-16-4-2-1-3-5-16)13-20(18)27-24(29)17-8-10-21-22(12-17)31-15-30-21/h7-10,12-13,16H,1-6,11,14-15,25H2,(H,26,28)(H,27,29). The Morgan fingerprint density at radius 2 is 1.77 bits per heavy atom. The van der Waals surface area contributed by atoms with Gasteiger partial charge in [-0.05, 0) is 48.2 Å². The largest absolute Gasteiger partial charge is 0.454 e. The molecule has 0 spiro atoms. The molecule has 1 saturated carbocycles. The second kappa shape index (κ2) is 9.83. The number of fused-ring (bicyclic) bond motifs is 1. The van der Waals surface area contributed by atoms with Crippen molar-refractivity contribution in [2.24, 2.45) is 11.7 Å². The molecule has 0 radical (unpaired) electrons. The van der Waals surface area contributed by atoms with Crippen molar-refractivity contribution in [3.63, 3.8) is 0 Å². The Bertz CT molecular complexity index is 954. The minimum atomic E-state index is -0.284. The van der Waals surface area contributed by atoms with Gasteiger partial charge in [0.15, 0.2) is 11.5 Å². The van der Waals surface area contributed by atoms with Crippen molar-refractivity contribution in [3.05, 3.63) is 47.5 Å². The second-order valence-corrected chi connectivity index (χ2v) is 8.19. The van der Waals surface area contributed by atoms with Crippen molar-refractivity contribution in [1.29, 1.82) is 0 Å². The Kier molecular flexibility index (Phi) is 6.72. The Hall–Kier alpha value is -3.06. The Morgan fingerprint density at radius 1 is 0.968 bits per heavy atom. The SMILES string of the molecule is NCc1ccc(NC(=O)CCC2CCCCC2)cc1NC(=O)c1ccc2c(c1)OCO2. The zero-order chi connectivity index (χ0) is 21.6. The molecular formula is C24H29N3O4. The number of carbonyl (C=O) groups is 2. The smallest absolute Gasteiger partial charge is 0.255 e. The Labute approximate surface area is 182 Å². The lowest BCUT2D eigenvalue weighted by atomic mass is 9.86. The first-order valence-corrected chi connectivity index (χ1v) is 11.0. The van der Waals surface area contributed by atoms with E-state index >= 15 is 0 Å². The molecule has 2 aliphatic rings. The number of hydrogen-bond donors (Lipinski definition) is 3. The Morgan fingerprint density at radius 3 is 2.58 bits per heavy atom. The highest BCUT2D eigenvalue weighted by molar-refractivity contribution is 6.05. The van der Waals surface area contributed by atoms with Crippen LogP contribution in [0.25, 0.3) is 0 Å². The van der Waals surface area contributed by atoms with E-state index < -0.39 is 0 Å². The maximum absolute atomic E-state index is 12.8. The van der Waals surface area contributed by atoms with Crippen LogP contribution in [0.3, 0.4) is 0 Å². The van der Waals surface area contributed by atoms with E-state index in [1.54, 1.807) is 24.3 Å². The molecule has 1 aliphatic heterocycles. The lowest BCUT2D eigenvalue weighted by molar-refractivity contribution is -0.116. The van der Waals surface area contributed by atoms with Gasteiger partial charge in [-0.2, -0.15) is 0 Å². The molecule has 2 aromatic carbocycles. The van der Waals surface area contributed by atoms with Crippen molar-refractivity contribution in [1.82, 2.24) is 0 Å². The van der Waals surface area contributed by atoms with Gasteiger partial charge in [-0.3, -0.25) is 9.59 Å². The lowest BCUT2D eigenvalue weighted by Crippen LogP contribution is -2.17. The maximum atomic E-state index is 12.8. The molecule has 0 aromatic heterocycles. The van der Waals surface area contributed by atoms with Crippen LogP contribution >= 0.6 is 0 Å². The molecule has 0 bridgehead atoms. The number of nitrogens with one attached hydrogen (secondary N) is 2. The number of hydrogen-bond acceptors (Lipinski definition) is 5. The predicted octanol–water partition coefficient (Wildman–Crippen LogP) is 4.43. The number of carbonyl (C=O) groups excluding carboxylic acids is 2. The second-order valence-electron chi connectivity index (χ2n) is 8.19. The summed E-state index contributed by atoms with van der Waals surface area (Å²) >= 11 is 0. The van der Waals surface area contributed by atoms with E-state index in [1.807, 2.05) is 12.1 Å². The van der Waals surface area contributed by atoms with Gasteiger partial charge in [0.1, 0.15) is 0 Å². The van der Waals surface area contributed by atoms with Crippen molar-refractivity contribution in [3.8, 4) is 11.5 Å². The van der Waals surface area contributed by atoms with Crippen molar-refractivity contribution < 1.29 is 19.1 Å². The molecule has 0 unspecified atom stereocenters. The summed E-state index contributed by atoms with van der Waals surface area (Å²) in [5, 5.41) is 5.85. The summed E-state index contributed by atoms with van der Waals surface area (Å²) in [4.78, 5) is 25.2. The normalized spacial score (nSPS) is 15.5. The van der Waals surface area contributed by atoms with Crippen LogP contribution in [0, 0.1) is 5.92 Å². The third-order valence-electron chi connectivity index (χ3n) is 6.00. The highest BCUT2D eigenvalue weighted by Crippen LogP contribution is 2.33. The number of amides is 2. The van der Waals surface area contributed by atoms with Gasteiger partial charge in [-0.25, -0.2) is 0 Å². The minimum absolute atomic E-state index is 0.000815.